The molecule has 7 nitrogen and oxygen atoms in total. The van der Waals surface area contributed by atoms with Crippen molar-refractivity contribution in [2.45, 2.75) is 18.9 Å². The molecule has 2 aromatic carbocycles. The zero-order valence-electron chi connectivity index (χ0n) is 15.7. The highest BCUT2D eigenvalue weighted by atomic mass is 16.5. The van der Waals surface area contributed by atoms with Gasteiger partial charge in [0, 0.05) is 31.8 Å². The first-order valence-corrected chi connectivity index (χ1v) is 9.03. The minimum Gasteiger partial charge on any atom is -0.337 e. The minimum atomic E-state index is -0.513. The number of fused-ring (bicyclic) bond motifs is 1. The van der Waals surface area contributed by atoms with Crippen LogP contribution in [0, 0.1) is 0 Å². The van der Waals surface area contributed by atoms with Gasteiger partial charge >= 0.3 is 0 Å². The first-order chi connectivity index (χ1) is 13.5. The molecule has 0 radical (unpaired) electrons. The molecule has 0 spiro atoms. The van der Waals surface area contributed by atoms with E-state index in [2.05, 4.69) is 10.1 Å². The van der Waals surface area contributed by atoms with Gasteiger partial charge in [-0.25, -0.2) is 0 Å². The van der Waals surface area contributed by atoms with E-state index in [9.17, 15) is 9.59 Å². The lowest BCUT2D eigenvalue weighted by atomic mass is 9.88. The van der Waals surface area contributed by atoms with Crippen molar-refractivity contribution in [3.05, 3.63) is 66.1 Å². The smallest absolute Gasteiger partial charge is 0.246 e. The van der Waals surface area contributed by atoms with E-state index >= 15 is 0 Å². The number of carbonyl (C=O) groups excluding carboxylic acids is 2. The second-order valence-electron chi connectivity index (χ2n) is 6.84. The van der Waals surface area contributed by atoms with Crippen LogP contribution in [0.15, 0.2) is 59.1 Å². The van der Waals surface area contributed by atoms with E-state index < -0.39 is 5.92 Å². The van der Waals surface area contributed by atoms with Crippen molar-refractivity contribution in [1.82, 2.24) is 15.0 Å². The number of anilines is 1. The Hall–Kier alpha value is -3.48. The van der Waals surface area contributed by atoms with Gasteiger partial charge in [-0.15, -0.1) is 0 Å². The van der Waals surface area contributed by atoms with Crippen LogP contribution in [0.3, 0.4) is 0 Å². The highest BCUT2D eigenvalue weighted by Crippen LogP contribution is 2.36. The number of benzene rings is 2. The van der Waals surface area contributed by atoms with E-state index in [0.717, 1.165) is 16.8 Å². The van der Waals surface area contributed by atoms with Gasteiger partial charge in [0.05, 0.1) is 12.5 Å². The summed E-state index contributed by atoms with van der Waals surface area (Å²) in [6.07, 6.45) is 0.149. The molecule has 7 heteroatoms. The quantitative estimate of drug-likeness (QED) is 0.700. The molecule has 2 heterocycles. The average Bonchev–Trinajstić information content (AvgIpc) is 3.19. The maximum atomic E-state index is 13.1. The fourth-order valence-corrected chi connectivity index (χ4v) is 3.43. The molecule has 2 amide bonds. The molecule has 0 aliphatic carbocycles. The van der Waals surface area contributed by atoms with E-state index in [4.69, 9.17) is 4.52 Å². The van der Waals surface area contributed by atoms with Crippen molar-refractivity contribution in [3.8, 4) is 11.4 Å². The summed E-state index contributed by atoms with van der Waals surface area (Å²) in [5, 5.41) is 3.98. The number of carbonyl (C=O) groups is 2. The summed E-state index contributed by atoms with van der Waals surface area (Å²) in [7, 11) is 3.41. The van der Waals surface area contributed by atoms with Crippen molar-refractivity contribution in [2.75, 3.05) is 19.0 Å². The van der Waals surface area contributed by atoms with Gasteiger partial charge in [-0.1, -0.05) is 53.7 Å². The first-order valence-electron chi connectivity index (χ1n) is 9.03. The van der Waals surface area contributed by atoms with Gasteiger partial charge < -0.3 is 14.3 Å². The largest absolute Gasteiger partial charge is 0.337 e. The molecule has 3 aromatic rings. The van der Waals surface area contributed by atoms with Gasteiger partial charge in [-0.2, -0.15) is 4.98 Å². The molecule has 4 rings (SSSR count). The fraction of sp³-hybridized carbons (Fsp3) is 0.238. The lowest BCUT2D eigenvalue weighted by molar-refractivity contribution is -0.134. The predicted molar refractivity (Wildman–Crippen MR) is 103 cm³/mol. The SMILES string of the molecule is CN(Cc1nc(-c2ccccc2)no1)C(=O)C1CC(=O)N(C)c2ccccc21. The van der Waals surface area contributed by atoms with Crippen LogP contribution in [0.5, 0.6) is 0 Å². The number of amides is 2. The molecule has 1 atom stereocenters. The van der Waals surface area contributed by atoms with Crippen LogP contribution >= 0.6 is 0 Å². The maximum absolute atomic E-state index is 13.1. The molecular formula is C21H20N4O3. The monoisotopic (exact) mass is 376 g/mol. The lowest BCUT2D eigenvalue weighted by Crippen LogP contribution is -2.40. The van der Waals surface area contributed by atoms with Crippen LogP contribution < -0.4 is 4.90 Å². The number of hydrogen-bond acceptors (Lipinski definition) is 5. The van der Waals surface area contributed by atoms with Gasteiger partial charge in [-0.05, 0) is 11.6 Å². The zero-order valence-corrected chi connectivity index (χ0v) is 15.7. The summed E-state index contributed by atoms with van der Waals surface area (Å²) in [5.74, 6) is 0.0999. The van der Waals surface area contributed by atoms with Crippen LogP contribution in [0.4, 0.5) is 5.69 Å². The molecule has 1 unspecified atom stereocenters. The topological polar surface area (TPSA) is 79.5 Å². The summed E-state index contributed by atoms with van der Waals surface area (Å²) < 4.78 is 5.30. The number of rotatable bonds is 4. The summed E-state index contributed by atoms with van der Waals surface area (Å²) in [6, 6.07) is 17.0. The van der Waals surface area contributed by atoms with E-state index in [1.807, 2.05) is 54.6 Å². The van der Waals surface area contributed by atoms with E-state index in [0.29, 0.717) is 11.7 Å². The first kappa shape index (κ1) is 17.9. The number of aromatic nitrogens is 2. The van der Waals surface area contributed by atoms with Crippen LogP contribution in [-0.2, 0) is 16.1 Å². The van der Waals surface area contributed by atoms with Crippen molar-refractivity contribution in [1.29, 1.82) is 0 Å². The number of hydrogen-bond donors (Lipinski definition) is 0. The highest BCUT2D eigenvalue weighted by Gasteiger charge is 2.35. The molecule has 0 saturated heterocycles. The Balaban J connectivity index is 1.52. The third-order valence-corrected chi connectivity index (χ3v) is 4.97. The van der Waals surface area contributed by atoms with Crippen molar-refractivity contribution in [3.63, 3.8) is 0 Å². The Kier molecular flexibility index (Phi) is 4.65. The molecule has 1 aromatic heterocycles. The standard InChI is InChI=1S/C21H20N4O3/c1-24(13-18-22-20(23-28-18)14-8-4-3-5-9-14)21(27)16-12-19(26)25(2)17-11-7-6-10-15(16)17/h3-11,16H,12-13H2,1-2H3. The Bertz CT molecular complexity index is 1020. The second kappa shape index (κ2) is 7.26. The molecule has 142 valence electrons. The maximum Gasteiger partial charge on any atom is 0.246 e. The molecule has 0 fully saturated rings. The molecule has 28 heavy (non-hydrogen) atoms. The third kappa shape index (κ3) is 3.26. The minimum absolute atomic E-state index is 0.0744. The molecule has 0 saturated carbocycles. The molecule has 1 aliphatic rings. The third-order valence-electron chi connectivity index (χ3n) is 4.97. The fourth-order valence-electron chi connectivity index (χ4n) is 3.43. The average molecular weight is 376 g/mol. The van der Waals surface area contributed by atoms with Crippen LogP contribution in [0.25, 0.3) is 11.4 Å². The van der Waals surface area contributed by atoms with Crippen LogP contribution in [-0.4, -0.2) is 41.0 Å². The molecular weight excluding hydrogens is 356 g/mol. The summed E-state index contributed by atoms with van der Waals surface area (Å²) in [4.78, 5) is 32.9. The van der Waals surface area contributed by atoms with Crippen molar-refractivity contribution >= 4 is 17.5 Å². The predicted octanol–water partition coefficient (Wildman–Crippen LogP) is 2.85. The van der Waals surface area contributed by atoms with Crippen LogP contribution in [0.2, 0.25) is 0 Å². The van der Waals surface area contributed by atoms with E-state index in [-0.39, 0.29) is 24.8 Å². The molecule has 1 aliphatic heterocycles. The van der Waals surface area contributed by atoms with Gasteiger partial charge in [0.1, 0.15) is 0 Å². The number of para-hydroxylation sites is 1. The van der Waals surface area contributed by atoms with Gasteiger partial charge in [0.2, 0.25) is 23.5 Å². The van der Waals surface area contributed by atoms with E-state index in [1.54, 1.807) is 19.0 Å². The Morgan fingerprint density at radius 3 is 2.68 bits per heavy atom. The number of likely N-dealkylation sites (N-methyl/N-ethyl adjacent to an activating group) is 1. The Labute approximate surface area is 162 Å². The molecule has 0 N–H and O–H groups in total. The Morgan fingerprint density at radius 1 is 1.18 bits per heavy atom. The van der Waals surface area contributed by atoms with E-state index in [1.165, 1.54) is 4.90 Å². The second-order valence-corrected chi connectivity index (χ2v) is 6.84. The van der Waals surface area contributed by atoms with Crippen LogP contribution in [0.1, 0.15) is 23.8 Å². The normalized spacial score (nSPS) is 16.0. The number of nitrogens with zero attached hydrogens (tertiary/aromatic N) is 4. The van der Waals surface area contributed by atoms with Crippen molar-refractivity contribution < 1.29 is 14.1 Å². The van der Waals surface area contributed by atoms with Gasteiger partial charge in [-0.3, -0.25) is 9.59 Å². The molecule has 0 bridgehead atoms. The highest BCUT2D eigenvalue weighted by molar-refractivity contribution is 6.02. The van der Waals surface area contributed by atoms with Gasteiger partial charge in [0.15, 0.2) is 0 Å². The zero-order chi connectivity index (χ0) is 19.7. The Morgan fingerprint density at radius 2 is 1.89 bits per heavy atom. The van der Waals surface area contributed by atoms with Crippen molar-refractivity contribution in [2.24, 2.45) is 0 Å². The summed E-state index contributed by atoms with van der Waals surface area (Å²) >= 11 is 0. The lowest BCUT2D eigenvalue weighted by Gasteiger charge is -2.32. The summed E-state index contributed by atoms with van der Waals surface area (Å²) in [5.41, 5.74) is 2.48. The van der Waals surface area contributed by atoms with Gasteiger partial charge in [0.25, 0.3) is 0 Å². The summed E-state index contributed by atoms with van der Waals surface area (Å²) in [6.45, 7) is 0.182.